The second-order valence-corrected chi connectivity index (χ2v) is 8.82. The number of halogens is 3. The van der Waals surface area contributed by atoms with E-state index < -0.39 is 21.7 Å². The molecule has 0 spiro atoms. The molecule has 0 aliphatic carbocycles. The first-order valence-corrected chi connectivity index (χ1v) is 11.3. The minimum Gasteiger partial charge on any atom is -0.364 e. The van der Waals surface area contributed by atoms with Crippen molar-refractivity contribution in [2.75, 3.05) is 39.3 Å². The molecule has 1 N–H and O–H groups in total. The molecule has 8 nitrogen and oxygen atoms in total. The Hall–Kier alpha value is -1.80. The van der Waals surface area contributed by atoms with Gasteiger partial charge in [-0.05, 0) is 25.0 Å². The molecule has 0 radical (unpaired) electrons. The predicted molar refractivity (Wildman–Crippen MR) is 124 cm³/mol. The Bertz CT molecular complexity index is 965. The zero-order valence-electron chi connectivity index (χ0n) is 17.1. The molecule has 1 aliphatic heterocycles. The first kappa shape index (κ1) is 25.5. The van der Waals surface area contributed by atoms with Crippen LogP contribution in [0.5, 0.6) is 0 Å². The lowest BCUT2D eigenvalue weighted by atomic mass is 10.1. The predicted octanol–water partition coefficient (Wildman–Crippen LogP) is 2.23. The van der Waals surface area contributed by atoms with E-state index in [1.807, 2.05) is 11.8 Å². The number of nitrogens with one attached hydrogen (secondary N) is 1. The first-order chi connectivity index (χ1) is 14.4. The van der Waals surface area contributed by atoms with Gasteiger partial charge < -0.3 is 14.7 Å². The van der Waals surface area contributed by atoms with Crippen molar-refractivity contribution in [3.05, 3.63) is 53.4 Å². The third-order valence-electron chi connectivity index (χ3n) is 4.75. The number of piperazine rings is 1. The summed E-state index contributed by atoms with van der Waals surface area (Å²) < 4.78 is 58.1. The maximum atomic E-state index is 13.8. The van der Waals surface area contributed by atoms with E-state index in [2.05, 4.69) is 15.5 Å². The molecule has 31 heavy (non-hydrogen) atoms. The van der Waals surface area contributed by atoms with Gasteiger partial charge in [-0.25, -0.2) is 17.2 Å². The Balaban J connectivity index is 0.00000341. The monoisotopic (exact) mass is 569 g/mol. The molecule has 0 atom stereocenters. The molecule has 0 bridgehead atoms. The van der Waals surface area contributed by atoms with Crippen molar-refractivity contribution in [1.82, 2.24) is 19.7 Å². The number of sulfonamides is 1. The van der Waals surface area contributed by atoms with Gasteiger partial charge in [0.05, 0.1) is 5.69 Å². The number of aliphatic imine (C=N–C) groups is 1. The number of guanidine groups is 1. The van der Waals surface area contributed by atoms with E-state index in [9.17, 15) is 17.2 Å². The van der Waals surface area contributed by atoms with Gasteiger partial charge in [-0.3, -0.25) is 4.99 Å². The number of hydrogen-bond donors (Lipinski definition) is 1. The van der Waals surface area contributed by atoms with Crippen molar-refractivity contribution in [3.8, 4) is 0 Å². The van der Waals surface area contributed by atoms with E-state index in [0.29, 0.717) is 62.9 Å². The molecule has 1 aliphatic rings. The van der Waals surface area contributed by atoms with Crippen LogP contribution >= 0.6 is 24.0 Å². The van der Waals surface area contributed by atoms with Gasteiger partial charge in [0.25, 0.3) is 0 Å². The van der Waals surface area contributed by atoms with Crippen LogP contribution in [-0.2, 0) is 22.2 Å². The van der Waals surface area contributed by atoms with Crippen molar-refractivity contribution in [2.24, 2.45) is 4.99 Å². The molecule has 12 heteroatoms. The smallest absolute Gasteiger partial charge is 0.220 e. The minimum atomic E-state index is -3.48. The van der Waals surface area contributed by atoms with Crippen LogP contribution in [0.25, 0.3) is 0 Å². The highest BCUT2D eigenvalue weighted by Gasteiger charge is 2.29. The SMILES string of the molecule is CCNC(=NCCc1ccc(F)cc1F)N1CCN(S(=O)(=O)Cc2ccon2)CC1.I. The van der Waals surface area contributed by atoms with E-state index >= 15 is 0 Å². The maximum Gasteiger partial charge on any atom is 0.220 e. The van der Waals surface area contributed by atoms with Crippen molar-refractivity contribution >= 4 is 40.0 Å². The van der Waals surface area contributed by atoms with Gasteiger partial charge in [-0.1, -0.05) is 11.2 Å². The Morgan fingerprint density at radius 2 is 1.97 bits per heavy atom. The summed E-state index contributed by atoms with van der Waals surface area (Å²) in [7, 11) is -3.48. The fourth-order valence-electron chi connectivity index (χ4n) is 3.20. The van der Waals surface area contributed by atoms with Gasteiger partial charge >= 0.3 is 0 Å². The number of benzene rings is 1. The molecular weight excluding hydrogens is 543 g/mol. The molecule has 1 saturated heterocycles. The lowest BCUT2D eigenvalue weighted by Crippen LogP contribution is -2.54. The summed E-state index contributed by atoms with van der Waals surface area (Å²) in [5.74, 6) is -0.736. The quantitative estimate of drug-likeness (QED) is 0.313. The van der Waals surface area contributed by atoms with E-state index in [0.717, 1.165) is 6.07 Å². The fourth-order valence-corrected chi connectivity index (χ4v) is 4.63. The van der Waals surface area contributed by atoms with Crippen LogP contribution < -0.4 is 5.32 Å². The second-order valence-electron chi connectivity index (χ2n) is 6.85. The number of aromatic nitrogens is 1. The average molecular weight is 569 g/mol. The first-order valence-electron chi connectivity index (χ1n) is 9.73. The van der Waals surface area contributed by atoms with Gasteiger partial charge in [0.2, 0.25) is 10.0 Å². The third kappa shape index (κ3) is 7.10. The topological polar surface area (TPSA) is 91.0 Å². The summed E-state index contributed by atoms with van der Waals surface area (Å²) in [6.45, 7) is 4.54. The van der Waals surface area contributed by atoms with Crippen molar-refractivity contribution < 1.29 is 21.7 Å². The summed E-state index contributed by atoms with van der Waals surface area (Å²) in [6.07, 6.45) is 1.69. The van der Waals surface area contributed by atoms with E-state index in [4.69, 9.17) is 4.52 Å². The molecule has 2 aromatic rings. The lowest BCUT2D eigenvalue weighted by molar-refractivity contribution is 0.260. The van der Waals surface area contributed by atoms with Crippen LogP contribution in [0.2, 0.25) is 0 Å². The highest BCUT2D eigenvalue weighted by atomic mass is 127. The van der Waals surface area contributed by atoms with E-state index in [1.54, 1.807) is 0 Å². The van der Waals surface area contributed by atoms with Crippen LogP contribution in [0.3, 0.4) is 0 Å². The largest absolute Gasteiger partial charge is 0.364 e. The Morgan fingerprint density at radius 1 is 1.23 bits per heavy atom. The van der Waals surface area contributed by atoms with Crippen LogP contribution in [-0.4, -0.2) is 68.0 Å². The number of rotatable bonds is 7. The van der Waals surface area contributed by atoms with Crippen molar-refractivity contribution in [2.45, 2.75) is 19.1 Å². The molecule has 1 aromatic heterocycles. The number of hydrogen-bond acceptors (Lipinski definition) is 5. The van der Waals surface area contributed by atoms with Gasteiger partial charge in [-0.2, -0.15) is 4.31 Å². The zero-order valence-corrected chi connectivity index (χ0v) is 20.3. The highest BCUT2D eigenvalue weighted by Crippen LogP contribution is 2.13. The standard InChI is InChI=1S/C19H25F2N5O3S.HI/c1-2-22-19(23-7-5-15-3-4-16(20)13-18(15)21)25-8-10-26(11-9-25)30(27,28)14-17-6-12-29-24-17;/h3-4,6,12-13H,2,5,7-11,14H2,1H3,(H,22,23);1H. The van der Waals surface area contributed by atoms with E-state index in [-0.39, 0.29) is 29.7 Å². The van der Waals surface area contributed by atoms with Gasteiger partial charge in [0, 0.05) is 51.4 Å². The van der Waals surface area contributed by atoms with Crippen molar-refractivity contribution in [3.63, 3.8) is 0 Å². The lowest BCUT2D eigenvalue weighted by Gasteiger charge is -2.35. The van der Waals surface area contributed by atoms with Crippen LogP contribution in [0.15, 0.2) is 40.0 Å². The average Bonchev–Trinajstić information content (AvgIpc) is 3.21. The molecule has 0 unspecified atom stereocenters. The Labute approximate surface area is 197 Å². The Morgan fingerprint density at radius 3 is 2.58 bits per heavy atom. The number of nitrogens with zero attached hydrogens (tertiary/aromatic N) is 4. The van der Waals surface area contributed by atoms with Crippen LogP contribution in [0.4, 0.5) is 8.78 Å². The Kier molecular flexibility index (Phi) is 9.62. The summed E-state index contributed by atoms with van der Waals surface area (Å²) in [5, 5.41) is 6.85. The van der Waals surface area contributed by atoms with Gasteiger partial charge in [0.15, 0.2) is 5.96 Å². The molecule has 1 aromatic carbocycles. The molecular formula is C19H26F2IN5O3S. The fraction of sp³-hybridized carbons (Fsp3) is 0.474. The van der Waals surface area contributed by atoms with Gasteiger partial charge in [-0.15, -0.1) is 24.0 Å². The van der Waals surface area contributed by atoms with Gasteiger partial charge in [0.1, 0.15) is 23.7 Å². The minimum absolute atomic E-state index is 0. The molecule has 1 fully saturated rings. The molecule has 0 saturated carbocycles. The molecule has 2 heterocycles. The van der Waals surface area contributed by atoms with Crippen LogP contribution in [0.1, 0.15) is 18.2 Å². The van der Waals surface area contributed by atoms with Crippen molar-refractivity contribution in [1.29, 1.82) is 0 Å². The maximum absolute atomic E-state index is 13.8. The summed E-state index contributed by atoms with van der Waals surface area (Å²) in [5.41, 5.74) is 0.778. The molecule has 0 amide bonds. The highest BCUT2D eigenvalue weighted by molar-refractivity contribution is 14.0. The van der Waals surface area contributed by atoms with Crippen LogP contribution in [0, 0.1) is 11.6 Å². The zero-order chi connectivity index (χ0) is 21.6. The summed E-state index contributed by atoms with van der Waals surface area (Å²) in [4.78, 5) is 6.50. The molecule has 3 rings (SSSR count). The normalized spacial score (nSPS) is 15.6. The third-order valence-corrected chi connectivity index (χ3v) is 6.56. The van der Waals surface area contributed by atoms with E-state index in [1.165, 1.54) is 28.8 Å². The summed E-state index contributed by atoms with van der Waals surface area (Å²) >= 11 is 0. The molecule has 172 valence electrons. The second kappa shape index (κ2) is 11.7. The summed E-state index contributed by atoms with van der Waals surface area (Å²) in [6, 6.07) is 5.05.